The summed E-state index contributed by atoms with van der Waals surface area (Å²) >= 11 is 0. The van der Waals surface area contributed by atoms with Gasteiger partial charge in [0.1, 0.15) is 11.9 Å². The molecule has 0 spiro atoms. The van der Waals surface area contributed by atoms with Gasteiger partial charge in [0.05, 0.1) is 12.5 Å². The Kier molecular flexibility index (Phi) is 5.54. The maximum atomic E-state index is 13.0. The zero-order valence-corrected chi connectivity index (χ0v) is 14.8. The predicted octanol–water partition coefficient (Wildman–Crippen LogP) is 2.20. The van der Waals surface area contributed by atoms with Crippen molar-refractivity contribution in [3.05, 3.63) is 30.1 Å². The van der Waals surface area contributed by atoms with Crippen LogP contribution in [-0.2, 0) is 14.4 Å². The summed E-state index contributed by atoms with van der Waals surface area (Å²) in [6, 6.07) is 4.55. The first-order valence-corrected chi connectivity index (χ1v) is 9.16. The van der Waals surface area contributed by atoms with E-state index in [4.69, 9.17) is 0 Å². The van der Waals surface area contributed by atoms with E-state index < -0.39 is 11.9 Å². The van der Waals surface area contributed by atoms with Gasteiger partial charge < -0.3 is 15.5 Å². The lowest BCUT2D eigenvalue weighted by atomic mass is 9.85. The highest BCUT2D eigenvalue weighted by atomic mass is 19.1. The fourth-order valence-electron chi connectivity index (χ4n) is 3.90. The van der Waals surface area contributed by atoms with E-state index in [1.54, 1.807) is 11.8 Å². The Labute approximate surface area is 152 Å². The fourth-order valence-corrected chi connectivity index (χ4v) is 3.90. The van der Waals surface area contributed by atoms with Crippen molar-refractivity contribution in [3.63, 3.8) is 0 Å². The van der Waals surface area contributed by atoms with Crippen molar-refractivity contribution in [2.24, 2.45) is 0 Å². The number of anilines is 1. The maximum Gasteiger partial charge on any atom is 0.243 e. The molecule has 2 fully saturated rings. The summed E-state index contributed by atoms with van der Waals surface area (Å²) in [4.78, 5) is 39.1. The van der Waals surface area contributed by atoms with E-state index in [0.717, 1.165) is 25.7 Å². The fraction of sp³-hybridized carbons (Fsp3) is 0.526. The van der Waals surface area contributed by atoms with Crippen LogP contribution in [0.5, 0.6) is 0 Å². The Hall–Kier alpha value is -2.44. The number of nitrogens with one attached hydrogen (secondary N) is 2. The van der Waals surface area contributed by atoms with Crippen LogP contribution in [0.4, 0.5) is 10.1 Å². The molecule has 1 aromatic carbocycles. The number of nitrogens with zero attached hydrogens (tertiary/aromatic N) is 1. The van der Waals surface area contributed by atoms with E-state index >= 15 is 0 Å². The van der Waals surface area contributed by atoms with E-state index in [2.05, 4.69) is 10.6 Å². The van der Waals surface area contributed by atoms with Gasteiger partial charge in [-0.3, -0.25) is 14.4 Å². The van der Waals surface area contributed by atoms with E-state index in [9.17, 15) is 18.8 Å². The molecular weight excluding hydrogens is 337 g/mol. The average molecular weight is 361 g/mol. The second-order valence-corrected chi connectivity index (χ2v) is 6.90. The number of carbonyl (C=O) groups excluding carboxylic acids is 3. The van der Waals surface area contributed by atoms with Gasteiger partial charge in [0.15, 0.2) is 0 Å². The minimum atomic E-state index is -0.803. The highest BCUT2D eigenvalue weighted by molar-refractivity contribution is 5.97. The van der Waals surface area contributed by atoms with Crippen LogP contribution in [0.25, 0.3) is 0 Å². The summed E-state index contributed by atoms with van der Waals surface area (Å²) in [6.07, 6.45) is 3.93. The highest BCUT2D eigenvalue weighted by Gasteiger charge is 2.45. The van der Waals surface area contributed by atoms with Crippen LogP contribution < -0.4 is 10.6 Å². The molecule has 2 aliphatic rings. The molecule has 1 saturated heterocycles. The SMILES string of the molecule is CCC(=O)N1[C@@H](CC(=O)Nc2ccc(F)cc2)C(=O)N[C@H]2CCCC[C@@H]21. The number of amides is 3. The summed E-state index contributed by atoms with van der Waals surface area (Å²) in [7, 11) is 0. The number of halogens is 1. The van der Waals surface area contributed by atoms with Crippen LogP contribution in [-0.4, -0.2) is 40.7 Å². The molecule has 26 heavy (non-hydrogen) atoms. The lowest BCUT2D eigenvalue weighted by Gasteiger charge is -2.48. The molecule has 140 valence electrons. The number of carbonyl (C=O) groups is 3. The molecule has 7 heteroatoms. The van der Waals surface area contributed by atoms with Crippen molar-refractivity contribution in [1.29, 1.82) is 0 Å². The normalized spacial score (nSPS) is 25.2. The molecule has 1 saturated carbocycles. The first-order chi connectivity index (χ1) is 12.5. The van der Waals surface area contributed by atoms with Crippen LogP contribution in [0.15, 0.2) is 24.3 Å². The third kappa shape index (κ3) is 3.86. The van der Waals surface area contributed by atoms with Gasteiger partial charge in [-0.25, -0.2) is 4.39 Å². The lowest BCUT2D eigenvalue weighted by molar-refractivity contribution is -0.151. The van der Waals surface area contributed by atoms with Gasteiger partial charge in [-0.1, -0.05) is 19.8 Å². The summed E-state index contributed by atoms with van der Waals surface area (Å²) in [5.41, 5.74) is 0.455. The van der Waals surface area contributed by atoms with Crippen LogP contribution in [0.1, 0.15) is 45.4 Å². The Balaban J connectivity index is 1.74. The van der Waals surface area contributed by atoms with Crippen LogP contribution in [0, 0.1) is 5.82 Å². The molecule has 0 bridgehead atoms. The van der Waals surface area contributed by atoms with Crippen molar-refractivity contribution < 1.29 is 18.8 Å². The smallest absolute Gasteiger partial charge is 0.243 e. The van der Waals surface area contributed by atoms with Crippen molar-refractivity contribution in [2.45, 2.75) is 63.6 Å². The van der Waals surface area contributed by atoms with E-state index in [-0.39, 0.29) is 36.2 Å². The van der Waals surface area contributed by atoms with Crippen LogP contribution in [0.3, 0.4) is 0 Å². The first kappa shape index (κ1) is 18.4. The number of fused-ring (bicyclic) bond motifs is 1. The van der Waals surface area contributed by atoms with Gasteiger partial charge in [0.25, 0.3) is 0 Å². The van der Waals surface area contributed by atoms with Crippen molar-refractivity contribution >= 4 is 23.4 Å². The third-order valence-electron chi connectivity index (χ3n) is 5.15. The molecule has 1 aliphatic carbocycles. The summed E-state index contributed by atoms with van der Waals surface area (Å²) in [5, 5.41) is 5.65. The van der Waals surface area contributed by atoms with Gasteiger partial charge in [-0.05, 0) is 37.1 Å². The molecule has 0 unspecified atom stereocenters. The maximum absolute atomic E-state index is 13.0. The zero-order valence-electron chi connectivity index (χ0n) is 14.8. The summed E-state index contributed by atoms with van der Waals surface area (Å²) in [5.74, 6) is -1.14. The van der Waals surface area contributed by atoms with E-state index in [1.165, 1.54) is 24.3 Å². The monoisotopic (exact) mass is 361 g/mol. The zero-order chi connectivity index (χ0) is 18.7. The number of hydrogen-bond donors (Lipinski definition) is 2. The Morgan fingerprint density at radius 1 is 1.23 bits per heavy atom. The molecule has 3 rings (SSSR count). The minimum Gasteiger partial charge on any atom is -0.349 e. The largest absolute Gasteiger partial charge is 0.349 e. The molecule has 1 aliphatic heterocycles. The van der Waals surface area contributed by atoms with Crippen molar-refractivity contribution in [3.8, 4) is 0 Å². The van der Waals surface area contributed by atoms with Gasteiger partial charge in [-0.15, -0.1) is 0 Å². The number of hydrogen-bond acceptors (Lipinski definition) is 3. The van der Waals surface area contributed by atoms with Gasteiger partial charge in [0.2, 0.25) is 17.7 Å². The molecular formula is C19H24FN3O3. The van der Waals surface area contributed by atoms with Gasteiger partial charge in [-0.2, -0.15) is 0 Å². The number of piperazine rings is 1. The quantitative estimate of drug-likeness (QED) is 0.863. The highest BCUT2D eigenvalue weighted by Crippen LogP contribution is 2.30. The topological polar surface area (TPSA) is 78.5 Å². The minimum absolute atomic E-state index is 0.0249. The van der Waals surface area contributed by atoms with Crippen LogP contribution in [0.2, 0.25) is 0 Å². The van der Waals surface area contributed by atoms with Crippen molar-refractivity contribution in [1.82, 2.24) is 10.2 Å². The Morgan fingerprint density at radius 3 is 2.62 bits per heavy atom. The first-order valence-electron chi connectivity index (χ1n) is 9.16. The second-order valence-electron chi connectivity index (χ2n) is 6.90. The molecule has 1 aromatic rings. The molecule has 2 N–H and O–H groups in total. The van der Waals surface area contributed by atoms with Gasteiger partial charge in [0, 0.05) is 18.2 Å². The molecule has 6 nitrogen and oxygen atoms in total. The van der Waals surface area contributed by atoms with E-state index in [1.807, 2.05) is 0 Å². The summed E-state index contributed by atoms with van der Waals surface area (Å²) < 4.78 is 13.0. The summed E-state index contributed by atoms with van der Waals surface area (Å²) in [6.45, 7) is 1.77. The molecule has 3 amide bonds. The standard InChI is InChI=1S/C19H24FN3O3/c1-2-18(25)23-15-6-4-3-5-14(15)22-19(26)16(23)11-17(24)21-13-9-7-12(20)8-10-13/h7-10,14-16H,2-6,11H2,1H3,(H,21,24)(H,22,26)/t14-,15-,16-/m0/s1. The third-order valence-corrected chi connectivity index (χ3v) is 5.15. The molecule has 0 radical (unpaired) electrons. The molecule has 0 aromatic heterocycles. The van der Waals surface area contributed by atoms with Crippen molar-refractivity contribution in [2.75, 3.05) is 5.32 Å². The van der Waals surface area contributed by atoms with Crippen LogP contribution >= 0.6 is 0 Å². The molecule has 3 atom stereocenters. The Bertz CT molecular complexity index is 692. The number of rotatable bonds is 4. The average Bonchev–Trinajstić information content (AvgIpc) is 2.63. The van der Waals surface area contributed by atoms with E-state index in [0.29, 0.717) is 12.1 Å². The van der Waals surface area contributed by atoms with Gasteiger partial charge >= 0.3 is 0 Å². The Morgan fingerprint density at radius 2 is 1.92 bits per heavy atom. The second kappa shape index (κ2) is 7.85. The number of benzene rings is 1. The predicted molar refractivity (Wildman–Crippen MR) is 94.8 cm³/mol. The molecule has 1 heterocycles. The lowest BCUT2D eigenvalue weighted by Crippen LogP contribution is -2.67.